The molecule has 0 aliphatic carbocycles. The molecule has 34 heavy (non-hydrogen) atoms. The molecule has 1 N–H and O–H groups in total. The summed E-state index contributed by atoms with van der Waals surface area (Å²) in [4.78, 5) is 36.7. The molecule has 1 aliphatic heterocycles. The Balaban J connectivity index is 1.67. The van der Waals surface area contributed by atoms with Gasteiger partial charge in [-0.05, 0) is 67.4 Å². The number of aliphatic hydroxyl groups excluding tert-OH is 1. The van der Waals surface area contributed by atoms with E-state index in [4.69, 9.17) is 4.74 Å². The molecule has 0 radical (unpaired) electrons. The quantitative estimate of drug-likeness (QED) is 0.249. The summed E-state index contributed by atoms with van der Waals surface area (Å²) in [6.45, 7) is 4.38. The lowest BCUT2D eigenvalue weighted by Crippen LogP contribution is -2.29. The number of aliphatic hydroxyl groups is 1. The molecule has 1 aliphatic rings. The monoisotopic (exact) mass is 471 g/mol. The van der Waals surface area contributed by atoms with E-state index in [1.54, 1.807) is 48.8 Å². The molecule has 8 heteroatoms. The molecule has 1 saturated heterocycles. The summed E-state index contributed by atoms with van der Waals surface area (Å²) >= 11 is 1.33. The van der Waals surface area contributed by atoms with Gasteiger partial charge in [-0.1, -0.05) is 23.5 Å². The molecule has 3 heterocycles. The van der Waals surface area contributed by atoms with Crippen molar-refractivity contribution in [2.45, 2.75) is 19.9 Å². The van der Waals surface area contributed by atoms with Gasteiger partial charge in [0.05, 0.1) is 28.4 Å². The molecule has 4 aromatic rings. The van der Waals surface area contributed by atoms with E-state index in [1.165, 1.54) is 16.2 Å². The van der Waals surface area contributed by atoms with Gasteiger partial charge in [0.1, 0.15) is 11.5 Å². The van der Waals surface area contributed by atoms with Gasteiger partial charge in [-0.15, -0.1) is 0 Å². The van der Waals surface area contributed by atoms with Crippen LogP contribution in [-0.2, 0) is 9.59 Å². The summed E-state index contributed by atoms with van der Waals surface area (Å²) in [6, 6.07) is 15.2. The van der Waals surface area contributed by atoms with Crippen LogP contribution in [0.5, 0.6) is 5.75 Å². The Morgan fingerprint density at radius 1 is 1.15 bits per heavy atom. The first-order valence-electron chi connectivity index (χ1n) is 10.8. The predicted molar refractivity (Wildman–Crippen MR) is 131 cm³/mol. The van der Waals surface area contributed by atoms with Gasteiger partial charge in [-0.2, -0.15) is 0 Å². The summed E-state index contributed by atoms with van der Waals surface area (Å²) in [5.74, 6) is -1.12. The van der Waals surface area contributed by atoms with Crippen molar-refractivity contribution in [3.05, 3.63) is 89.3 Å². The van der Waals surface area contributed by atoms with Gasteiger partial charge in [0, 0.05) is 18.0 Å². The molecule has 7 nitrogen and oxygen atoms in total. The zero-order valence-electron chi connectivity index (χ0n) is 18.6. The third-order valence-corrected chi connectivity index (χ3v) is 6.64. The fourth-order valence-electron chi connectivity index (χ4n) is 4.04. The zero-order chi connectivity index (χ0) is 23.8. The van der Waals surface area contributed by atoms with E-state index < -0.39 is 17.7 Å². The summed E-state index contributed by atoms with van der Waals surface area (Å²) in [5.41, 5.74) is 2.82. The zero-order valence-corrected chi connectivity index (χ0v) is 19.4. The van der Waals surface area contributed by atoms with Crippen molar-refractivity contribution >= 4 is 44.1 Å². The van der Waals surface area contributed by atoms with Crippen LogP contribution in [0.4, 0.5) is 5.13 Å². The number of hydrogen-bond acceptors (Lipinski definition) is 7. The van der Waals surface area contributed by atoms with Crippen molar-refractivity contribution in [1.29, 1.82) is 0 Å². The van der Waals surface area contributed by atoms with Crippen LogP contribution in [0.25, 0.3) is 16.0 Å². The molecular formula is C26H21N3O4S. The van der Waals surface area contributed by atoms with Gasteiger partial charge in [0.15, 0.2) is 5.13 Å². The second kappa shape index (κ2) is 8.72. The maximum Gasteiger partial charge on any atom is 0.301 e. The molecule has 1 amide bonds. The highest BCUT2D eigenvalue weighted by Gasteiger charge is 2.48. The van der Waals surface area contributed by atoms with E-state index in [-0.39, 0.29) is 11.3 Å². The van der Waals surface area contributed by atoms with E-state index >= 15 is 0 Å². The maximum atomic E-state index is 13.3. The molecular weight excluding hydrogens is 450 g/mol. The van der Waals surface area contributed by atoms with E-state index in [1.807, 2.05) is 32.0 Å². The average Bonchev–Trinajstić information content (AvgIpc) is 3.37. The number of nitrogens with zero attached hydrogens (tertiary/aromatic N) is 3. The average molecular weight is 472 g/mol. The molecule has 2 aromatic heterocycles. The lowest BCUT2D eigenvalue weighted by molar-refractivity contribution is -0.132. The van der Waals surface area contributed by atoms with Crippen LogP contribution in [0.2, 0.25) is 0 Å². The molecule has 5 rings (SSSR count). The largest absolute Gasteiger partial charge is 0.507 e. The van der Waals surface area contributed by atoms with Crippen LogP contribution >= 0.6 is 11.3 Å². The Hall–Kier alpha value is -4.04. The van der Waals surface area contributed by atoms with Crippen LogP contribution in [0, 0.1) is 6.92 Å². The number of ketones is 1. The first-order chi connectivity index (χ1) is 16.5. The van der Waals surface area contributed by atoms with Crippen LogP contribution in [0.15, 0.2) is 72.6 Å². The van der Waals surface area contributed by atoms with Gasteiger partial charge in [-0.3, -0.25) is 19.5 Å². The van der Waals surface area contributed by atoms with Gasteiger partial charge in [0.25, 0.3) is 5.78 Å². The lowest BCUT2D eigenvalue weighted by Gasteiger charge is -2.22. The first-order valence-corrected chi connectivity index (χ1v) is 11.6. The van der Waals surface area contributed by atoms with Gasteiger partial charge >= 0.3 is 5.91 Å². The molecule has 1 unspecified atom stereocenters. The summed E-state index contributed by atoms with van der Waals surface area (Å²) in [5, 5.41) is 11.6. The minimum Gasteiger partial charge on any atom is -0.507 e. The molecule has 1 atom stereocenters. The fourth-order valence-corrected chi connectivity index (χ4v) is 5.13. The summed E-state index contributed by atoms with van der Waals surface area (Å²) in [6.07, 6.45) is 3.20. The number of carbonyl (C=O) groups is 2. The van der Waals surface area contributed by atoms with Gasteiger partial charge in [-0.25, -0.2) is 4.98 Å². The topological polar surface area (TPSA) is 92.6 Å². The van der Waals surface area contributed by atoms with Crippen molar-refractivity contribution in [2.24, 2.45) is 0 Å². The first kappa shape index (κ1) is 21.8. The minimum absolute atomic E-state index is 0.00223. The molecule has 0 bridgehead atoms. The highest BCUT2D eigenvalue weighted by molar-refractivity contribution is 7.22. The number of benzene rings is 2. The van der Waals surface area contributed by atoms with E-state index in [2.05, 4.69) is 9.97 Å². The van der Waals surface area contributed by atoms with Gasteiger partial charge in [0.2, 0.25) is 0 Å². The standard InChI is InChI=1S/C26H21N3O4S/c1-3-33-18-9-7-16(8-10-18)23(30)21-22(17-5-4-12-27-14-17)29(25(32)24(21)31)26-28-19-11-6-15(2)13-20(19)34-26/h4-14,22,30H,3H2,1-2H3. The van der Waals surface area contributed by atoms with Crippen LogP contribution in [-0.4, -0.2) is 33.4 Å². The maximum absolute atomic E-state index is 13.3. The van der Waals surface area contributed by atoms with E-state index in [0.717, 1.165) is 15.8 Å². The third kappa shape index (κ3) is 3.72. The Morgan fingerprint density at radius 2 is 1.94 bits per heavy atom. The number of fused-ring (bicyclic) bond motifs is 1. The van der Waals surface area contributed by atoms with Crippen LogP contribution in [0.1, 0.15) is 29.7 Å². The van der Waals surface area contributed by atoms with Crippen molar-refractivity contribution < 1.29 is 19.4 Å². The fraction of sp³-hybridized carbons (Fsp3) is 0.154. The molecule has 2 aromatic carbocycles. The van der Waals surface area contributed by atoms with Crippen molar-refractivity contribution in [3.63, 3.8) is 0 Å². The molecule has 170 valence electrons. The Kier molecular flexibility index (Phi) is 5.59. The molecule has 1 fully saturated rings. The number of ether oxygens (including phenoxy) is 1. The number of thiazole rings is 1. The Morgan fingerprint density at radius 3 is 2.65 bits per heavy atom. The highest BCUT2D eigenvalue weighted by atomic mass is 32.1. The molecule has 0 spiro atoms. The second-order valence-corrected chi connectivity index (χ2v) is 8.89. The smallest absolute Gasteiger partial charge is 0.301 e. The predicted octanol–water partition coefficient (Wildman–Crippen LogP) is 5.02. The number of anilines is 1. The lowest BCUT2D eigenvalue weighted by atomic mass is 9.96. The Bertz CT molecular complexity index is 1430. The number of carbonyl (C=O) groups excluding carboxylic acids is 2. The van der Waals surface area contributed by atoms with Crippen molar-refractivity contribution in [3.8, 4) is 5.75 Å². The van der Waals surface area contributed by atoms with E-state index in [9.17, 15) is 14.7 Å². The minimum atomic E-state index is -0.859. The van der Waals surface area contributed by atoms with Crippen molar-refractivity contribution in [2.75, 3.05) is 11.5 Å². The number of hydrogen-bond donors (Lipinski definition) is 1. The number of pyridine rings is 1. The number of amides is 1. The van der Waals surface area contributed by atoms with Crippen LogP contribution in [0.3, 0.4) is 0 Å². The summed E-state index contributed by atoms with van der Waals surface area (Å²) in [7, 11) is 0. The molecule has 0 saturated carbocycles. The van der Waals surface area contributed by atoms with Gasteiger partial charge < -0.3 is 9.84 Å². The van der Waals surface area contributed by atoms with E-state index in [0.29, 0.717) is 28.6 Å². The van der Waals surface area contributed by atoms with Crippen molar-refractivity contribution in [1.82, 2.24) is 9.97 Å². The third-order valence-electron chi connectivity index (χ3n) is 5.62. The second-order valence-electron chi connectivity index (χ2n) is 7.88. The van der Waals surface area contributed by atoms with Crippen LogP contribution < -0.4 is 9.64 Å². The number of rotatable bonds is 5. The highest BCUT2D eigenvalue weighted by Crippen LogP contribution is 2.44. The Labute approximate surface area is 200 Å². The normalized spacial score (nSPS) is 17.5. The number of aromatic nitrogens is 2. The summed E-state index contributed by atoms with van der Waals surface area (Å²) < 4.78 is 6.38. The number of aryl methyl sites for hydroxylation is 1. The number of Topliss-reactive ketones (excluding diaryl/α,β-unsaturated/α-hetero) is 1. The SMILES string of the molecule is CCOc1ccc(C(O)=C2C(=O)C(=O)N(c3nc4ccc(C)cc4s3)C2c2cccnc2)cc1.